The van der Waals surface area contributed by atoms with E-state index in [4.69, 9.17) is 10.3 Å². The van der Waals surface area contributed by atoms with Crippen LogP contribution >= 0.6 is 0 Å². The minimum atomic E-state index is -0.0895. The van der Waals surface area contributed by atoms with Crippen molar-refractivity contribution in [2.45, 2.75) is 31.7 Å². The van der Waals surface area contributed by atoms with E-state index in [1.54, 1.807) is 0 Å². The predicted octanol–water partition coefficient (Wildman–Crippen LogP) is 3.58. The summed E-state index contributed by atoms with van der Waals surface area (Å²) in [6.45, 7) is 2.67. The lowest BCUT2D eigenvalue weighted by Crippen LogP contribution is -2.10. The Kier molecular flexibility index (Phi) is 3.27. The third-order valence-corrected chi connectivity index (χ3v) is 4.69. The van der Waals surface area contributed by atoms with Crippen molar-refractivity contribution in [3.63, 3.8) is 0 Å². The molecule has 0 amide bonds. The summed E-state index contributed by atoms with van der Waals surface area (Å²) >= 11 is 0. The van der Waals surface area contributed by atoms with Gasteiger partial charge in [-0.15, -0.1) is 0 Å². The molecule has 2 aromatic carbocycles. The van der Waals surface area contributed by atoms with Crippen molar-refractivity contribution >= 4 is 0 Å². The first kappa shape index (κ1) is 14.2. The van der Waals surface area contributed by atoms with Gasteiger partial charge in [0.05, 0.1) is 5.41 Å². The number of hydrogen-bond acceptors (Lipinski definition) is 4. The quantitative estimate of drug-likeness (QED) is 0.800. The van der Waals surface area contributed by atoms with E-state index in [1.807, 2.05) is 24.3 Å². The molecule has 0 saturated heterocycles. The molecule has 3 aromatic rings. The average molecular weight is 305 g/mol. The molecule has 23 heavy (non-hydrogen) atoms. The Bertz CT molecular complexity index is 832. The van der Waals surface area contributed by atoms with Gasteiger partial charge in [-0.3, -0.25) is 0 Å². The molecule has 1 aromatic heterocycles. The first-order chi connectivity index (χ1) is 11.2. The van der Waals surface area contributed by atoms with Gasteiger partial charge < -0.3 is 10.3 Å². The van der Waals surface area contributed by atoms with Crippen molar-refractivity contribution in [1.29, 1.82) is 0 Å². The molecule has 0 spiro atoms. The normalized spacial score (nSPS) is 15.6. The smallest absolute Gasteiger partial charge is 0.237 e. The standard InChI is InChI=1S/C19H19N3O/c1-13-4-2-3-5-16(13)19(10-11-19)18-21-17(22-23-18)15-8-6-14(12-20)7-9-15/h2-9H,10-12,20H2,1H3. The van der Waals surface area contributed by atoms with Crippen LogP contribution in [0.25, 0.3) is 11.4 Å². The minimum Gasteiger partial charge on any atom is -0.338 e. The highest BCUT2D eigenvalue weighted by Gasteiger charge is 2.51. The molecule has 116 valence electrons. The summed E-state index contributed by atoms with van der Waals surface area (Å²) in [4.78, 5) is 4.68. The highest BCUT2D eigenvalue weighted by atomic mass is 16.5. The molecule has 0 radical (unpaired) electrons. The summed E-state index contributed by atoms with van der Waals surface area (Å²) in [5.41, 5.74) is 10.2. The van der Waals surface area contributed by atoms with Crippen LogP contribution in [-0.4, -0.2) is 10.1 Å². The predicted molar refractivity (Wildman–Crippen MR) is 88.8 cm³/mol. The number of rotatable bonds is 4. The van der Waals surface area contributed by atoms with Crippen molar-refractivity contribution < 1.29 is 4.52 Å². The number of aryl methyl sites for hydroxylation is 1. The van der Waals surface area contributed by atoms with Crippen LogP contribution in [0.3, 0.4) is 0 Å². The molecule has 1 fully saturated rings. The Morgan fingerprint density at radius 3 is 2.48 bits per heavy atom. The second kappa shape index (κ2) is 5.32. The number of hydrogen-bond donors (Lipinski definition) is 1. The molecular formula is C19H19N3O. The zero-order valence-corrected chi connectivity index (χ0v) is 13.1. The fourth-order valence-corrected chi connectivity index (χ4v) is 3.16. The molecular weight excluding hydrogens is 286 g/mol. The highest BCUT2D eigenvalue weighted by Crippen LogP contribution is 2.53. The van der Waals surface area contributed by atoms with E-state index in [0.717, 1.165) is 29.9 Å². The summed E-state index contributed by atoms with van der Waals surface area (Å²) in [6, 6.07) is 16.4. The second-order valence-electron chi connectivity index (χ2n) is 6.22. The highest BCUT2D eigenvalue weighted by molar-refractivity contribution is 5.55. The second-order valence-corrected chi connectivity index (χ2v) is 6.22. The van der Waals surface area contributed by atoms with E-state index in [1.165, 1.54) is 11.1 Å². The van der Waals surface area contributed by atoms with Gasteiger partial charge in [-0.25, -0.2) is 0 Å². The largest absolute Gasteiger partial charge is 0.338 e. The third-order valence-electron chi connectivity index (χ3n) is 4.69. The van der Waals surface area contributed by atoms with Gasteiger partial charge in [0, 0.05) is 12.1 Å². The molecule has 4 nitrogen and oxygen atoms in total. The van der Waals surface area contributed by atoms with Crippen molar-refractivity contribution in [1.82, 2.24) is 10.1 Å². The molecule has 1 saturated carbocycles. The summed E-state index contributed by atoms with van der Waals surface area (Å²) < 4.78 is 5.63. The monoisotopic (exact) mass is 305 g/mol. The molecule has 0 atom stereocenters. The summed E-state index contributed by atoms with van der Waals surface area (Å²) in [5, 5.41) is 4.19. The minimum absolute atomic E-state index is 0.0895. The molecule has 0 unspecified atom stereocenters. The maximum absolute atomic E-state index is 5.64. The van der Waals surface area contributed by atoms with Crippen LogP contribution < -0.4 is 5.73 Å². The average Bonchev–Trinajstić information content (AvgIpc) is 3.24. The van der Waals surface area contributed by atoms with Gasteiger partial charge in [0.15, 0.2) is 0 Å². The maximum atomic E-state index is 5.64. The summed E-state index contributed by atoms with van der Waals surface area (Å²) in [5.74, 6) is 1.37. The van der Waals surface area contributed by atoms with Crippen LogP contribution in [0.15, 0.2) is 53.1 Å². The summed E-state index contributed by atoms with van der Waals surface area (Å²) in [7, 11) is 0. The number of aromatic nitrogens is 2. The first-order valence-corrected chi connectivity index (χ1v) is 7.93. The van der Waals surface area contributed by atoms with Gasteiger partial charge >= 0.3 is 0 Å². The molecule has 4 rings (SSSR count). The fraction of sp³-hybridized carbons (Fsp3) is 0.263. The van der Waals surface area contributed by atoms with Gasteiger partial charge in [0.2, 0.25) is 11.7 Å². The number of nitrogens with two attached hydrogens (primary N) is 1. The fourth-order valence-electron chi connectivity index (χ4n) is 3.16. The molecule has 1 heterocycles. The van der Waals surface area contributed by atoms with E-state index < -0.39 is 0 Å². The molecule has 4 heteroatoms. The maximum Gasteiger partial charge on any atom is 0.237 e. The zero-order valence-electron chi connectivity index (χ0n) is 13.1. The lowest BCUT2D eigenvalue weighted by Gasteiger charge is -2.13. The topological polar surface area (TPSA) is 64.9 Å². The van der Waals surface area contributed by atoms with E-state index in [-0.39, 0.29) is 5.41 Å². The van der Waals surface area contributed by atoms with E-state index in [2.05, 4.69) is 41.3 Å². The van der Waals surface area contributed by atoms with Gasteiger partial charge in [-0.1, -0.05) is 53.7 Å². The van der Waals surface area contributed by atoms with Gasteiger partial charge in [0.1, 0.15) is 0 Å². The zero-order chi connectivity index (χ0) is 15.9. The Hall–Kier alpha value is -2.46. The van der Waals surface area contributed by atoms with E-state index in [0.29, 0.717) is 12.4 Å². The molecule has 1 aliphatic carbocycles. The van der Waals surface area contributed by atoms with Crippen LogP contribution in [-0.2, 0) is 12.0 Å². The lowest BCUT2D eigenvalue weighted by atomic mass is 9.92. The first-order valence-electron chi connectivity index (χ1n) is 7.93. The SMILES string of the molecule is Cc1ccccc1C1(c2nc(-c3ccc(CN)cc3)no2)CC1. The van der Waals surface area contributed by atoms with Crippen molar-refractivity contribution in [3.8, 4) is 11.4 Å². The third kappa shape index (κ3) is 2.35. The molecule has 0 aliphatic heterocycles. The van der Waals surface area contributed by atoms with Crippen molar-refractivity contribution in [2.75, 3.05) is 0 Å². The van der Waals surface area contributed by atoms with Crippen molar-refractivity contribution in [2.24, 2.45) is 5.73 Å². The van der Waals surface area contributed by atoms with E-state index in [9.17, 15) is 0 Å². The van der Waals surface area contributed by atoms with Gasteiger partial charge in [0.25, 0.3) is 0 Å². The van der Waals surface area contributed by atoms with Crippen LogP contribution in [0.4, 0.5) is 0 Å². The number of benzene rings is 2. The van der Waals surface area contributed by atoms with Gasteiger partial charge in [-0.2, -0.15) is 4.98 Å². The Morgan fingerprint density at radius 1 is 1.09 bits per heavy atom. The molecule has 0 bridgehead atoms. The van der Waals surface area contributed by atoms with Crippen LogP contribution in [0, 0.1) is 6.92 Å². The summed E-state index contributed by atoms with van der Waals surface area (Å²) in [6.07, 6.45) is 2.12. The molecule has 2 N–H and O–H groups in total. The van der Waals surface area contributed by atoms with Gasteiger partial charge in [-0.05, 0) is 36.5 Å². The van der Waals surface area contributed by atoms with Crippen LogP contribution in [0.1, 0.15) is 35.4 Å². The van der Waals surface area contributed by atoms with Crippen LogP contribution in [0.5, 0.6) is 0 Å². The van der Waals surface area contributed by atoms with Crippen molar-refractivity contribution in [3.05, 3.63) is 71.1 Å². The molecule has 1 aliphatic rings. The Balaban J connectivity index is 1.69. The van der Waals surface area contributed by atoms with E-state index >= 15 is 0 Å². The lowest BCUT2D eigenvalue weighted by molar-refractivity contribution is 0.360. The van der Waals surface area contributed by atoms with Crippen LogP contribution in [0.2, 0.25) is 0 Å². The number of nitrogens with zero attached hydrogens (tertiary/aromatic N) is 2. The Morgan fingerprint density at radius 2 is 1.83 bits per heavy atom. The Labute approximate surface area is 135 Å².